The number of hydrogen-bond acceptors (Lipinski definition) is 5. The van der Waals surface area contributed by atoms with Gasteiger partial charge in [0, 0.05) is 6.42 Å². The number of amidine groups is 1. The van der Waals surface area contributed by atoms with E-state index >= 15 is 0 Å². The normalized spacial score (nSPS) is 17.8. The number of ether oxygens (including phenoxy) is 3. The van der Waals surface area contributed by atoms with E-state index in [1.165, 1.54) is 0 Å². The van der Waals surface area contributed by atoms with Gasteiger partial charge in [-0.1, -0.05) is 30.3 Å². The summed E-state index contributed by atoms with van der Waals surface area (Å²) >= 11 is 0. The summed E-state index contributed by atoms with van der Waals surface area (Å²) in [5, 5.41) is 0. The SMILES string of the molecule is COc1cccc(COc2cccc(C3(c4ccc(OC)c(C)c4)CCC(N)=N3)c2)c1. The molecule has 0 aliphatic carbocycles. The maximum absolute atomic E-state index is 6.16. The Hall–Kier alpha value is -3.47. The first-order valence-electron chi connectivity index (χ1n) is 10.4. The Kier molecular flexibility index (Phi) is 5.85. The molecule has 31 heavy (non-hydrogen) atoms. The van der Waals surface area contributed by atoms with Crippen LogP contribution < -0.4 is 19.9 Å². The summed E-state index contributed by atoms with van der Waals surface area (Å²) in [7, 11) is 3.35. The Bertz CT molecular complexity index is 1110. The lowest BCUT2D eigenvalue weighted by molar-refractivity contribution is 0.304. The van der Waals surface area contributed by atoms with Crippen molar-refractivity contribution in [1.29, 1.82) is 0 Å². The summed E-state index contributed by atoms with van der Waals surface area (Å²) in [6.45, 7) is 2.51. The zero-order chi connectivity index (χ0) is 21.8. The van der Waals surface area contributed by atoms with Gasteiger partial charge in [-0.2, -0.15) is 0 Å². The molecule has 5 heteroatoms. The molecular formula is C26H28N2O3. The van der Waals surface area contributed by atoms with Gasteiger partial charge >= 0.3 is 0 Å². The molecule has 2 N–H and O–H groups in total. The second-order valence-electron chi connectivity index (χ2n) is 7.82. The molecule has 0 radical (unpaired) electrons. The molecule has 1 aliphatic heterocycles. The standard InChI is InChI=1S/C26H28N2O3/c1-18-14-21(10-11-24(18)30-3)26(13-12-25(27)28-26)20-7-5-9-23(16-20)31-17-19-6-4-8-22(15-19)29-2/h4-11,14-16H,12-13,17H2,1-3H3,(H2,27,28). The number of aliphatic imine (C=N–C) groups is 1. The quantitative estimate of drug-likeness (QED) is 0.590. The molecule has 3 aromatic rings. The van der Waals surface area contributed by atoms with E-state index in [0.29, 0.717) is 12.4 Å². The summed E-state index contributed by atoms with van der Waals surface area (Å²) in [5.74, 6) is 3.16. The number of methoxy groups -OCH3 is 2. The van der Waals surface area contributed by atoms with E-state index in [2.05, 4.69) is 24.3 Å². The Morgan fingerprint density at radius 2 is 1.68 bits per heavy atom. The van der Waals surface area contributed by atoms with Crippen molar-refractivity contribution in [3.05, 3.63) is 89.0 Å². The van der Waals surface area contributed by atoms with Gasteiger partial charge in [-0.3, -0.25) is 4.99 Å². The number of hydrogen-bond donors (Lipinski definition) is 1. The molecule has 0 aromatic heterocycles. The van der Waals surface area contributed by atoms with Crippen LogP contribution in [-0.4, -0.2) is 20.1 Å². The zero-order valence-electron chi connectivity index (χ0n) is 18.2. The van der Waals surface area contributed by atoms with Crippen molar-refractivity contribution >= 4 is 5.84 Å². The first kappa shape index (κ1) is 20.8. The molecule has 1 heterocycles. The smallest absolute Gasteiger partial charge is 0.121 e. The van der Waals surface area contributed by atoms with Gasteiger partial charge in [0.05, 0.1) is 20.1 Å². The lowest BCUT2D eigenvalue weighted by Gasteiger charge is -2.28. The third-order valence-corrected chi connectivity index (χ3v) is 5.80. The molecule has 160 valence electrons. The fraction of sp³-hybridized carbons (Fsp3) is 0.269. The summed E-state index contributed by atoms with van der Waals surface area (Å²) in [6, 6.07) is 22.3. The average Bonchev–Trinajstić information content (AvgIpc) is 3.21. The van der Waals surface area contributed by atoms with Gasteiger partial charge in [-0.25, -0.2) is 0 Å². The summed E-state index contributed by atoms with van der Waals surface area (Å²) in [5.41, 5.74) is 9.95. The van der Waals surface area contributed by atoms with Crippen LogP contribution in [0, 0.1) is 6.92 Å². The number of benzene rings is 3. The minimum absolute atomic E-state index is 0.459. The van der Waals surface area contributed by atoms with Crippen molar-refractivity contribution in [2.75, 3.05) is 14.2 Å². The summed E-state index contributed by atoms with van der Waals surface area (Å²) in [4.78, 5) is 4.92. The van der Waals surface area contributed by atoms with E-state index < -0.39 is 5.54 Å². The first-order chi connectivity index (χ1) is 15.0. The lowest BCUT2D eigenvalue weighted by atomic mass is 9.81. The molecule has 4 rings (SSSR count). The van der Waals surface area contributed by atoms with Gasteiger partial charge in [-0.15, -0.1) is 0 Å². The Morgan fingerprint density at radius 3 is 2.39 bits per heavy atom. The highest BCUT2D eigenvalue weighted by molar-refractivity contribution is 5.83. The molecule has 3 aromatic carbocycles. The molecular weight excluding hydrogens is 388 g/mol. The monoisotopic (exact) mass is 416 g/mol. The van der Waals surface area contributed by atoms with Crippen LogP contribution in [0.4, 0.5) is 0 Å². The van der Waals surface area contributed by atoms with Crippen LogP contribution in [0.5, 0.6) is 17.2 Å². The fourth-order valence-corrected chi connectivity index (χ4v) is 4.16. The van der Waals surface area contributed by atoms with E-state index in [1.54, 1.807) is 14.2 Å². The minimum atomic E-state index is -0.517. The molecule has 0 spiro atoms. The van der Waals surface area contributed by atoms with Gasteiger partial charge in [0.25, 0.3) is 0 Å². The van der Waals surface area contributed by atoms with E-state index in [0.717, 1.165) is 52.3 Å². The van der Waals surface area contributed by atoms with Crippen molar-refractivity contribution in [1.82, 2.24) is 0 Å². The third-order valence-electron chi connectivity index (χ3n) is 5.80. The predicted molar refractivity (Wildman–Crippen MR) is 123 cm³/mol. The number of nitrogens with zero attached hydrogens (tertiary/aromatic N) is 1. The summed E-state index contributed by atoms with van der Waals surface area (Å²) < 4.78 is 16.8. The van der Waals surface area contributed by atoms with Crippen molar-refractivity contribution in [2.24, 2.45) is 10.7 Å². The largest absolute Gasteiger partial charge is 0.497 e. The van der Waals surface area contributed by atoms with Crippen LogP contribution in [0.2, 0.25) is 0 Å². The van der Waals surface area contributed by atoms with Crippen LogP contribution in [0.1, 0.15) is 35.1 Å². The zero-order valence-corrected chi connectivity index (χ0v) is 18.2. The molecule has 1 unspecified atom stereocenters. The highest BCUT2D eigenvalue weighted by Crippen LogP contribution is 2.43. The van der Waals surface area contributed by atoms with Gasteiger partial charge in [0.1, 0.15) is 29.4 Å². The fourth-order valence-electron chi connectivity index (χ4n) is 4.16. The van der Waals surface area contributed by atoms with Gasteiger partial charge in [0.15, 0.2) is 0 Å². The predicted octanol–water partition coefficient (Wildman–Crippen LogP) is 4.99. The highest BCUT2D eigenvalue weighted by Gasteiger charge is 2.38. The minimum Gasteiger partial charge on any atom is -0.497 e. The van der Waals surface area contributed by atoms with Crippen LogP contribution in [0.3, 0.4) is 0 Å². The molecule has 1 atom stereocenters. The Labute approximate surface area is 183 Å². The van der Waals surface area contributed by atoms with E-state index in [4.69, 9.17) is 24.9 Å². The molecule has 0 bridgehead atoms. The van der Waals surface area contributed by atoms with Crippen molar-refractivity contribution in [3.8, 4) is 17.2 Å². The van der Waals surface area contributed by atoms with Crippen LogP contribution in [0.15, 0.2) is 71.7 Å². The van der Waals surface area contributed by atoms with E-state index in [9.17, 15) is 0 Å². The summed E-state index contributed by atoms with van der Waals surface area (Å²) in [6.07, 6.45) is 1.59. The number of rotatable bonds is 7. The van der Waals surface area contributed by atoms with E-state index in [1.807, 2.05) is 49.4 Å². The lowest BCUT2D eigenvalue weighted by Crippen LogP contribution is -2.23. The van der Waals surface area contributed by atoms with Crippen LogP contribution >= 0.6 is 0 Å². The molecule has 0 saturated heterocycles. The molecule has 5 nitrogen and oxygen atoms in total. The van der Waals surface area contributed by atoms with Crippen molar-refractivity contribution < 1.29 is 14.2 Å². The average molecular weight is 417 g/mol. The Morgan fingerprint density at radius 1 is 0.903 bits per heavy atom. The third kappa shape index (κ3) is 4.22. The molecule has 1 aliphatic rings. The number of nitrogens with two attached hydrogens (primary N) is 1. The topological polar surface area (TPSA) is 66.1 Å². The van der Waals surface area contributed by atoms with Crippen LogP contribution in [0.25, 0.3) is 0 Å². The highest BCUT2D eigenvalue weighted by atomic mass is 16.5. The first-order valence-corrected chi connectivity index (χ1v) is 10.4. The van der Waals surface area contributed by atoms with E-state index in [-0.39, 0.29) is 0 Å². The van der Waals surface area contributed by atoms with Crippen LogP contribution in [-0.2, 0) is 12.1 Å². The molecule has 0 fully saturated rings. The van der Waals surface area contributed by atoms with Crippen molar-refractivity contribution in [3.63, 3.8) is 0 Å². The molecule has 0 amide bonds. The van der Waals surface area contributed by atoms with Gasteiger partial charge in [0.2, 0.25) is 0 Å². The Balaban J connectivity index is 1.65. The maximum Gasteiger partial charge on any atom is 0.121 e. The van der Waals surface area contributed by atoms with Gasteiger partial charge < -0.3 is 19.9 Å². The van der Waals surface area contributed by atoms with Gasteiger partial charge in [-0.05, 0) is 72.0 Å². The van der Waals surface area contributed by atoms with Crippen molar-refractivity contribution in [2.45, 2.75) is 31.9 Å². The molecule has 0 saturated carbocycles. The number of aryl methyl sites for hydroxylation is 1. The maximum atomic E-state index is 6.16. The second-order valence-corrected chi connectivity index (χ2v) is 7.82. The second kappa shape index (κ2) is 8.72.